The lowest BCUT2D eigenvalue weighted by Crippen LogP contribution is -2.22. The average Bonchev–Trinajstić information content (AvgIpc) is 2.41. The SMILES string of the molecule is [N-]=[N+]=NCC(O)C(O)c1ccc(C(=O)O)c(OC(F)(F)F)c1. The standard InChI is InChI=1S/C11H10F3N3O5/c12-11(13,14)22-8-3-5(1-2-6(8)10(20)21)9(19)7(18)4-16-17-15/h1-3,7,9,18-19H,4H2,(H,20,21). The predicted molar refractivity (Wildman–Crippen MR) is 65.1 cm³/mol. The summed E-state index contributed by atoms with van der Waals surface area (Å²) in [6, 6.07) is 2.44. The van der Waals surface area contributed by atoms with Crippen LogP contribution in [0.3, 0.4) is 0 Å². The second-order valence-electron chi connectivity index (χ2n) is 4.03. The lowest BCUT2D eigenvalue weighted by Gasteiger charge is -2.18. The van der Waals surface area contributed by atoms with E-state index in [1.807, 2.05) is 0 Å². The molecule has 0 fully saturated rings. The van der Waals surface area contributed by atoms with Crippen LogP contribution in [0.4, 0.5) is 13.2 Å². The Labute approximate surface area is 121 Å². The van der Waals surface area contributed by atoms with Gasteiger partial charge in [-0.1, -0.05) is 11.2 Å². The topological polar surface area (TPSA) is 136 Å². The summed E-state index contributed by atoms with van der Waals surface area (Å²) >= 11 is 0. The zero-order valence-electron chi connectivity index (χ0n) is 10.7. The summed E-state index contributed by atoms with van der Waals surface area (Å²) in [5.41, 5.74) is 7.09. The van der Waals surface area contributed by atoms with Gasteiger partial charge in [0, 0.05) is 4.91 Å². The molecule has 0 aliphatic heterocycles. The number of carboxylic acid groups (broad SMARTS) is 1. The molecule has 0 aromatic heterocycles. The van der Waals surface area contributed by atoms with Gasteiger partial charge in [0.1, 0.15) is 17.4 Å². The first-order valence-corrected chi connectivity index (χ1v) is 5.65. The molecule has 1 aromatic carbocycles. The third-order valence-electron chi connectivity index (χ3n) is 2.50. The maximum atomic E-state index is 12.3. The molecule has 1 rings (SSSR count). The van der Waals surface area contributed by atoms with Gasteiger partial charge in [-0.2, -0.15) is 0 Å². The van der Waals surface area contributed by atoms with E-state index in [0.717, 1.165) is 12.1 Å². The van der Waals surface area contributed by atoms with Crippen molar-refractivity contribution in [3.63, 3.8) is 0 Å². The molecule has 120 valence electrons. The number of nitrogens with zero attached hydrogens (tertiary/aromatic N) is 3. The van der Waals surface area contributed by atoms with Crippen LogP contribution in [0.25, 0.3) is 10.4 Å². The van der Waals surface area contributed by atoms with Crippen molar-refractivity contribution < 1.29 is 38.0 Å². The summed E-state index contributed by atoms with van der Waals surface area (Å²) in [4.78, 5) is 13.2. The van der Waals surface area contributed by atoms with Gasteiger partial charge in [0.2, 0.25) is 0 Å². The van der Waals surface area contributed by atoms with Crippen LogP contribution in [-0.4, -0.2) is 40.3 Å². The first-order valence-electron chi connectivity index (χ1n) is 5.65. The molecular weight excluding hydrogens is 311 g/mol. The van der Waals surface area contributed by atoms with Crippen molar-refractivity contribution in [1.29, 1.82) is 0 Å². The molecule has 0 aliphatic rings. The predicted octanol–water partition coefficient (Wildman–Crippen LogP) is 1.99. The van der Waals surface area contributed by atoms with Crippen LogP contribution < -0.4 is 4.74 Å². The van der Waals surface area contributed by atoms with Crippen molar-refractivity contribution in [2.75, 3.05) is 6.54 Å². The van der Waals surface area contributed by atoms with Crippen LogP contribution in [0.2, 0.25) is 0 Å². The Bertz CT molecular complexity index is 601. The number of hydrogen-bond acceptors (Lipinski definition) is 5. The number of aliphatic hydroxyl groups is 2. The van der Waals surface area contributed by atoms with Crippen LogP contribution in [0, 0.1) is 0 Å². The first kappa shape index (κ1) is 17.6. The first-order chi connectivity index (χ1) is 10.2. The molecule has 0 saturated carbocycles. The summed E-state index contributed by atoms with van der Waals surface area (Å²) < 4.78 is 40.4. The lowest BCUT2D eigenvalue weighted by molar-refractivity contribution is -0.274. The Morgan fingerprint density at radius 3 is 2.55 bits per heavy atom. The maximum Gasteiger partial charge on any atom is 0.573 e. The Hall–Kier alpha value is -2.49. The number of ether oxygens (including phenoxy) is 1. The summed E-state index contributed by atoms with van der Waals surface area (Å²) in [5, 5.41) is 31.1. The number of carboxylic acids is 1. The second kappa shape index (κ2) is 6.98. The third-order valence-corrected chi connectivity index (χ3v) is 2.50. The van der Waals surface area contributed by atoms with E-state index in [9.17, 15) is 28.2 Å². The van der Waals surface area contributed by atoms with E-state index in [1.54, 1.807) is 0 Å². The fourth-order valence-corrected chi connectivity index (χ4v) is 1.55. The fraction of sp³-hybridized carbons (Fsp3) is 0.364. The van der Waals surface area contributed by atoms with Gasteiger partial charge >= 0.3 is 12.3 Å². The Morgan fingerprint density at radius 2 is 2.05 bits per heavy atom. The van der Waals surface area contributed by atoms with Crippen molar-refractivity contribution >= 4 is 5.97 Å². The number of azide groups is 1. The summed E-state index contributed by atoms with van der Waals surface area (Å²) in [5.74, 6) is -2.69. The van der Waals surface area contributed by atoms with Crippen LogP contribution in [-0.2, 0) is 0 Å². The Morgan fingerprint density at radius 1 is 1.41 bits per heavy atom. The van der Waals surface area contributed by atoms with Gasteiger partial charge in [-0.05, 0) is 23.2 Å². The molecule has 11 heteroatoms. The van der Waals surface area contributed by atoms with Gasteiger partial charge < -0.3 is 20.1 Å². The van der Waals surface area contributed by atoms with Crippen LogP contribution in [0.1, 0.15) is 22.0 Å². The van der Waals surface area contributed by atoms with Crippen molar-refractivity contribution in [1.82, 2.24) is 0 Å². The zero-order chi connectivity index (χ0) is 16.9. The monoisotopic (exact) mass is 321 g/mol. The normalized spacial score (nSPS) is 13.9. The van der Waals surface area contributed by atoms with E-state index in [4.69, 9.17) is 10.6 Å². The molecule has 2 atom stereocenters. The van der Waals surface area contributed by atoms with E-state index in [-0.39, 0.29) is 5.56 Å². The minimum absolute atomic E-state index is 0.232. The minimum Gasteiger partial charge on any atom is -0.478 e. The molecule has 3 N–H and O–H groups in total. The molecule has 0 radical (unpaired) electrons. The van der Waals surface area contributed by atoms with Crippen molar-refractivity contribution in [2.24, 2.45) is 5.11 Å². The Balaban J connectivity index is 3.15. The molecule has 0 bridgehead atoms. The molecule has 22 heavy (non-hydrogen) atoms. The Kier molecular flexibility index (Phi) is 5.57. The maximum absolute atomic E-state index is 12.3. The van der Waals surface area contributed by atoms with Gasteiger partial charge in [-0.3, -0.25) is 0 Å². The highest BCUT2D eigenvalue weighted by atomic mass is 19.4. The quantitative estimate of drug-likeness (QED) is 0.418. The van der Waals surface area contributed by atoms with Gasteiger partial charge in [0.25, 0.3) is 0 Å². The van der Waals surface area contributed by atoms with Gasteiger partial charge in [0.15, 0.2) is 0 Å². The highest BCUT2D eigenvalue weighted by Crippen LogP contribution is 2.30. The van der Waals surface area contributed by atoms with Gasteiger partial charge in [0.05, 0.1) is 12.6 Å². The van der Waals surface area contributed by atoms with Crippen molar-refractivity contribution in [3.05, 3.63) is 39.8 Å². The zero-order valence-corrected chi connectivity index (χ0v) is 10.7. The van der Waals surface area contributed by atoms with E-state index in [2.05, 4.69) is 14.8 Å². The molecular formula is C11H10F3N3O5. The van der Waals surface area contributed by atoms with Gasteiger partial charge in [-0.15, -0.1) is 13.2 Å². The number of rotatable bonds is 6. The second-order valence-corrected chi connectivity index (χ2v) is 4.03. The van der Waals surface area contributed by atoms with Crippen LogP contribution in [0.5, 0.6) is 5.75 Å². The van der Waals surface area contributed by atoms with Gasteiger partial charge in [-0.25, -0.2) is 4.79 Å². The van der Waals surface area contributed by atoms with Crippen molar-refractivity contribution in [3.8, 4) is 5.75 Å². The van der Waals surface area contributed by atoms with Crippen LogP contribution in [0.15, 0.2) is 23.3 Å². The number of hydrogen-bond donors (Lipinski definition) is 3. The van der Waals surface area contributed by atoms with E-state index in [1.165, 1.54) is 0 Å². The highest BCUT2D eigenvalue weighted by Gasteiger charge is 2.33. The largest absolute Gasteiger partial charge is 0.573 e. The fourth-order valence-electron chi connectivity index (χ4n) is 1.55. The number of aromatic carboxylic acids is 1. The van der Waals surface area contributed by atoms with Crippen molar-refractivity contribution in [2.45, 2.75) is 18.6 Å². The number of carbonyl (C=O) groups is 1. The lowest BCUT2D eigenvalue weighted by atomic mass is 10.0. The smallest absolute Gasteiger partial charge is 0.478 e. The molecule has 0 amide bonds. The molecule has 0 saturated heterocycles. The average molecular weight is 321 g/mol. The number of benzene rings is 1. The minimum atomic E-state index is -5.13. The summed E-state index contributed by atoms with van der Waals surface area (Å²) in [7, 11) is 0. The van der Waals surface area contributed by atoms with E-state index >= 15 is 0 Å². The molecule has 2 unspecified atom stereocenters. The highest BCUT2D eigenvalue weighted by molar-refractivity contribution is 5.91. The molecule has 0 aliphatic carbocycles. The molecule has 8 nitrogen and oxygen atoms in total. The number of halogens is 3. The number of aliphatic hydroxyl groups excluding tert-OH is 2. The molecule has 0 heterocycles. The summed E-state index contributed by atoms with van der Waals surface area (Å²) in [6.07, 6.45) is -8.40. The molecule has 1 aromatic rings. The van der Waals surface area contributed by atoms with E-state index < -0.39 is 42.4 Å². The molecule has 0 spiro atoms. The number of alkyl halides is 3. The summed E-state index contributed by atoms with van der Waals surface area (Å²) in [6.45, 7) is -0.520. The third kappa shape index (κ3) is 4.81. The van der Waals surface area contributed by atoms with E-state index in [0.29, 0.717) is 6.07 Å². The van der Waals surface area contributed by atoms with Crippen LogP contribution >= 0.6 is 0 Å².